The van der Waals surface area contributed by atoms with E-state index in [-0.39, 0.29) is 5.78 Å². The molecule has 0 spiro atoms. The molecule has 1 aliphatic heterocycles. The van der Waals surface area contributed by atoms with E-state index in [0.29, 0.717) is 0 Å². The Hall–Kier alpha value is -2.70. The Morgan fingerprint density at radius 1 is 1.10 bits per heavy atom. The van der Waals surface area contributed by atoms with Crippen molar-refractivity contribution in [3.05, 3.63) is 70.7 Å². The van der Waals surface area contributed by atoms with Gasteiger partial charge in [0.2, 0.25) is 0 Å². The molecular formula is C23H27N4OS+. The highest BCUT2D eigenvalue weighted by atomic mass is 32.1. The van der Waals surface area contributed by atoms with E-state index in [1.54, 1.807) is 23.2 Å². The van der Waals surface area contributed by atoms with Crippen molar-refractivity contribution in [2.24, 2.45) is 0 Å². The molecule has 2 N–H and O–H groups in total. The summed E-state index contributed by atoms with van der Waals surface area (Å²) in [6.07, 6.45) is 0. The zero-order valence-corrected chi connectivity index (χ0v) is 17.8. The first kappa shape index (κ1) is 19.6. The molecule has 3 aromatic rings. The van der Waals surface area contributed by atoms with Crippen LogP contribution in [0.2, 0.25) is 0 Å². The van der Waals surface area contributed by atoms with Gasteiger partial charge >= 0.3 is 0 Å². The normalized spacial score (nSPS) is 14.8. The van der Waals surface area contributed by atoms with E-state index in [9.17, 15) is 4.79 Å². The van der Waals surface area contributed by atoms with Crippen LogP contribution < -0.4 is 15.1 Å². The molecule has 0 bridgehead atoms. The van der Waals surface area contributed by atoms with Gasteiger partial charge < -0.3 is 15.1 Å². The Balaban J connectivity index is 1.29. The van der Waals surface area contributed by atoms with Crippen LogP contribution in [0.4, 0.5) is 16.5 Å². The number of piperazine rings is 1. The van der Waals surface area contributed by atoms with Crippen molar-refractivity contribution >= 4 is 33.6 Å². The summed E-state index contributed by atoms with van der Waals surface area (Å²) >= 11 is 1.66. The fourth-order valence-electron chi connectivity index (χ4n) is 3.63. The first-order chi connectivity index (χ1) is 14.1. The number of aryl methyl sites for hydroxylation is 1. The third-order valence-corrected chi connectivity index (χ3v) is 6.20. The Morgan fingerprint density at radius 2 is 1.79 bits per heavy atom. The summed E-state index contributed by atoms with van der Waals surface area (Å²) in [6, 6.07) is 16.4. The minimum absolute atomic E-state index is 0.116. The highest BCUT2D eigenvalue weighted by Crippen LogP contribution is 2.21. The first-order valence-electron chi connectivity index (χ1n) is 10.0. The SMILES string of the molecule is CC(=O)c1ccc(N2CC[NH+](Cc3csc(Nc4ccc(C)cc4)n3)CC2)cc1. The molecule has 0 radical (unpaired) electrons. The number of carbonyl (C=O) groups excluding carboxylic acids is 1. The zero-order valence-electron chi connectivity index (χ0n) is 16.9. The van der Waals surface area contributed by atoms with Crippen molar-refractivity contribution < 1.29 is 9.69 Å². The van der Waals surface area contributed by atoms with Crippen molar-refractivity contribution in [3.8, 4) is 0 Å². The van der Waals surface area contributed by atoms with Gasteiger partial charge in [0.15, 0.2) is 10.9 Å². The Bertz CT molecular complexity index is 957. The van der Waals surface area contributed by atoms with E-state index in [0.717, 1.165) is 54.8 Å². The average molecular weight is 408 g/mol. The molecule has 2 aromatic carbocycles. The maximum atomic E-state index is 11.4. The van der Waals surface area contributed by atoms with Crippen molar-refractivity contribution in [3.63, 3.8) is 0 Å². The second kappa shape index (κ2) is 8.76. The summed E-state index contributed by atoms with van der Waals surface area (Å²) < 4.78 is 0. The Kier molecular flexibility index (Phi) is 5.92. The number of anilines is 3. The third kappa shape index (κ3) is 5.02. The predicted octanol–water partition coefficient (Wildman–Crippen LogP) is 3.30. The molecule has 1 fully saturated rings. The molecule has 1 aliphatic rings. The van der Waals surface area contributed by atoms with Gasteiger partial charge in [-0.15, -0.1) is 11.3 Å². The summed E-state index contributed by atoms with van der Waals surface area (Å²) in [4.78, 5) is 20.2. The van der Waals surface area contributed by atoms with E-state index >= 15 is 0 Å². The highest BCUT2D eigenvalue weighted by Gasteiger charge is 2.21. The van der Waals surface area contributed by atoms with Gasteiger partial charge in [-0.05, 0) is 50.2 Å². The first-order valence-corrected chi connectivity index (χ1v) is 10.9. The second-order valence-corrected chi connectivity index (χ2v) is 8.51. The predicted molar refractivity (Wildman–Crippen MR) is 120 cm³/mol. The molecule has 2 heterocycles. The number of carbonyl (C=O) groups is 1. The van der Waals surface area contributed by atoms with Crippen LogP contribution in [-0.4, -0.2) is 36.9 Å². The van der Waals surface area contributed by atoms with Gasteiger partial charge in [-0.25, -0.2) is 4.98 Å². The van der Waals surface area contributed by atoms with Crippen molar-refractivity contribution in [2.45, 2.75) is 20.4 Å². The number of Topliss-reactive ketones (excluding diaryl/α,β-unsaturated/α-hetero) is 1. The summed E-state index contributed by atoms with van der Waals surface area (Å²) in [5.74, 6) is 0.116. The molecule has 1 aromatic heterocycles. The lowest BCUT2D eigenvalue weighted by Gasteiger charge is -2.33. The quantitative estimate of drug-likeness (QED) is 0.616. The second-order valence-electron chi connectivity index (χ2n) is 7.65. The van der Waals surface area contributed by atoms with Crippen LogP contribution in [0.1, 0.15) is 28.5 Å². The fourth-order valence-corrected chi connectivity index (χ4v) is 4.36. The molecular weight excluding hydrogens is 380 g/mol. The van der Waals surface area contributed by atoms with Gasteiger partial charge in [-0.1, -0.05) is 17.7 Å². The molecule has 0 amide bonds. The molecule has 29 heavy (non-hydrogen) atoms. The van der Waals surface area contributed by atoms with Crippen LogP contribution in [-0.2, 0) is 6.54 Å². The van der Waals surface area contributed by atoms with Gasteiger partial charge in [0.1, 0.15) is 12.2 Å². The Morgan fingerprint density at radius 3 is 2.45 bits per heavy atom. The van der Waals surface area contributed by atoms with E-state index in [2.05, 4.69) is 58.9 Å². The van der Waals surface area contributed by atoms with Gasteiger partial charge in [0.05, 0.1) is 26.2 Å². The van der Waals surface area contributed by atoms with E-state index in [1.165, 1.54) is 11.3 Å². The monoisotopic (exact) mass is 407 g/mol. The standard InChI is InChI=1S/C23H26N4OS/c1-17-3-7-20(8-4-17)24-23-25-21(16-29-23)15-26-11-13-27(14-12-26)22-9-5-19(6-10-22)18(2)28/h3-10,16H,11-15H2,1-2H3,(H,24,25)/p+1. The van der Waals surface area contributed by atoms with E-state index < -0.39 is 0 Å². The number of hydrogen-bond donors (Lipinski definition) is 2. The number of aromatic nitrogens is 1. The molecule has 0 aliphatic carbocycles. The van der Waals surface area contributed by atoms with Crippen LogP contribution in [0, 0.1) is 6.92 Å². The number of benzene rings is 2. The van der Waals surface area contributed by atoms with Crippen LogP contribution in [0.25, 0.3) is 0 Å². The number of nitrogens with one attached hydrogen (secondary N) is 2. The molecule has 0 unspecified atom stereocenters. The van der Waals surface area contributed by atoms with Gasteiger partial charge in [-0.3, -0.25) is 4.79 Å². The van der Waals surface area contributed by atoms with Crippen LogP contribution >= 0.6 is 11.3 Å². The molecule has 5 nitrogen and oxygen atoms in total. The van der Waals surface area contributed by atoms with Crippen LogP contribution in [0.15, 0.2) is 53.9 Å². The lowest BCUT2D eigenvalue weighted by atomic mass is 10.1. The summed E-state index contributed by atoms with van der Waals surface area (Å²) in [5.41, 5.74) is 5.46. The smallest absolute Gasteiger partial charge is 0.187 e. The van der Waals surface area contributed by atoms with Crippen molar-refractivity contribution in [2.75, 3.05) is 36.4 Å². The molecule has 1 saturated heterocycles. The average Bonchev–Trinajstić information content (AvgIpc) is 3.17. The summed E-state index contributed by atoms with van der Waals surface area (Å²) in [6.45, 7) is 8.88. The zero-order chi connectivity index (χ0) is 20.2. The molecule has 4 rings (SSSR count). The topological polar surface area (TPSA) is 49.7 Å². The van der Waals surface area contributed by atoms with Gasteiger partial charge in [0.25, 0.3) is 0 Å². The maximum absolute atomic E-state index is 11.4. The molecule has 0 atom stereocenters. The van der Waals surface area contributed by atoms with Crippen LogP contribution in [0.5, 0.6) is 0 Å². The lowest BCUT2D eigenvalue weighted by Crippen LogP contribution is -3.13. The number of rotatable bonds is 6. The van der Waals surface area contributed by atoms with Crippen molar-refractivity contribution in [1.29, 1.82) is 0 Å². The summed E-state index contributed by atoms with van der Waals surface area (Å²) in [7, 11) is 0. The van der Waals surface area contributed by atoms with E-state index in [4.69, 9.17) is 4.98 Å². The minimum Gasteiger partial charge on any atom is -0.360 e. The minimum atomic E-state index is 0.116. The van der Waals surface area contributed by atoms with Crippen LogP contribution in [0.3, 0.4) is 0 Å². The highest BCUT2D eigenvalue weighted by molar-refractivity contribution is 7.13. The maximum Gasteiger partial charge on any atom is 0.187 e. The lowest BCUT2D eigenvalue weighted by molar-refractivity contribution is -0.914. The number of ketones is 1. The van der Waals surface area contributed by atoms with Crippen molar-refractivity contribution in [1.82, 2.24) is 4.98 Å². The number of thiazole rings is 1. The van der Waals surface area contributed by atoms with Gasteiger partial charge in [-0.2, -0.15) is 0 Å². The number of nitrogens with zero attached hydrogens (tertiary/aromatic N) is 2. The molecule has 0 saturated carbocycles. The third-order valence-electron chi connectivity index (χ3n) is 5.40. The Labute approximate surface area is 176 Å². The fraction of sp³-hybridized carbons (Fsp3) is 0.304. The van der Waals surface area contributed by atoms with E-state index in [1.807, 2.05) is 12.1 Å². The molecule has 6 heteroatoms. The number of hydrogen-bond acceptors (Lipinski definition) is 5. The largest absolute Gasteiger partial charge is 0.360 e. The number of quaternary nitrogens is 1. The summed E-state index contributed by atoms with van der Waals surface area (Å²) in [5, 5.41) is 6.51. The molecule has 150 valence electrons. The van der Waals surface area contributed by atoms with Gasteiger partial charge in [0, 0.05) is 22.3 Å².